The molecule has 0 saturated carbocycles. The summed E-state index contributed by atoms with van der Waals surface area (Å²) in [6.07, 6.45) is 0.699. The van der Waals surface area contributed by atoms with Crippen molar-refractivity contribution in [1.82, 2.24) is 8.61 Å². The molecular weight excluding hydrogens is 332 g/mol. The van der Waals surface area contributed by atoms with E-state index in [0.717, 1.165) is 11.3 Å². The lowest BCUT2D eigenvalue weighted by Crippen LogP contribution is -2.47. The minimum absolute atomic E-state index is 0.232. The quantitative estimate of drug-likeness (QED) is 0.797. The van der Waals surface area contributed by atoms with Crippen LogP contribution >= 0.6 is 0 Å². The van der Waals surface area contributed by atoms with Gasteiger partial charge in [0, 0.05) is 26.7 Å². The summed E-state index contributed by atoms with van der Waals surface area (Å²) in [6.45, 7) is 2.90. The van der Waals surface area contributed by atoms with E-state index < -0.39 is 22.1 Å². The Kier molecular flexibility index (Phi) is 6.20. The fraction of sp³-hybridized carbons (Fsp3) is 0.562. The van der Waals surface area contributed by atoms with Gasteiger partial charge in [0.05, 0.1) is 5.92 Å². The molecule has 1 fully saturated rings. The van der Waals surface area contributed by atoms with Crippen molar-refractivity contribution >= 4 is 16.2 Å². The minimum atomic E-state index is -3.58. The highest BCUT2D eigenvalue weighted by Crippen LogP contribution is 2.21. The van der Waals surface area contributed by atoms with E-state index in [-0.39, 0.29) is 26.2 Å². The second-order valence-corrected chi connectivity index (χ2v) is 7.99. The Morgan fingerprint density at radius 2 is 1.96 bits per heavy atom. The average Bonchev–Trinajstić information content (AvgIpc) is 2.56. The van der Waals surface area contributed by atoms with Crippen LogP contribution in [0.4, 0.5) is 0 Å². The first-order chi connectivity index (χ1) is 11.3. The lowest BCUT2D eigenvalue weighted by Gasteiger charge is -2.32. The number of hydrogen-bond donors (Lipinski definition) is 1. The number of likely N-dealkylation sites (N-methyl/N-ethyl adjacent to an activating group) is 1. The number of rotatable bonds is 7. The number of nitrogens with zero attached hydrogens (tertiary/aromatic N) is 2. The van der Waals surface area contributed by atoms with Crippen molar-refractivity contribution in [2.45, 2.75) is 19.8 Å². The maximum absolute atomic E-state index is 12.5. The predicted molar refractivity (Wildman–Crippen MR) is 90.2 cm³/mol. The van der Waals surface area contributed by atoms with Crippen molar-refractivity contribution in [2.24, 2.45) is 5.92 Å². The highest BCUT2D eigenvalue weighted by atomic mass is 32.2. The van der Waals surface area contributed by atoms with Crippen LogP contribution in [-0.2, 0) is 15.0 Å². The van der Waals surface area contributed by atoms with E-state index in [9.17, 15) is 13.2 Å². The number of aryl methyl sites for hydroxylation is 1. The third kappa shape index (κ3) is 4.46. The Labute approximate surface area is 143 Å². The summed E-state index contributed by atoms with van der Waals surface area (Å²) in [5.41, 5.74) is 0.999. The van der Waals surface area contributed by atoms with Gasteiger partial charge >= 0.3 is 5.97 Å². The molecule has 0 amide bonds. The van der Waals surface area contributed by atoms with E-state index in [1.54, 1.807) is 0 Å². The highest BCUT2D eigenvalue weighted by Gasteiger charge is 2.33. The zero-order valence-corrected chi connectivity index (χ0v) is 14.8. The molecule has 1 saturated heterocycles. The predicted octanol–water partition coefficient (Wildman–Crippen LogP) is 1.35. The van der Waals surface area contributed by atoms with E-state index >= 15 is 0 Å². The SMILES string of the molecule is Cc1ccccc1OCCN(C)S(=O)(=O)N1CCC(C(=O)O)CC1. The van der Waals surface area contributed by atoms with Gasteiger partial charge in [-0.1, -0.05) is 18.2 Å². The average molecular weight is 356 g/mol. The molecule has 0 bridgehead atoms. The van der Waals surface area contributed by atoms with Crippen LogP contribution in [0.25, 0.3) is 0 Å². The van der Waals surface area contributed by atoms with E-state index in [1.807, 2.05) is 31.2 Å². The number of benzene rings is 1. The van der Waals surface area contributed by atoms with E-state index in [4.69, 9.17) is 9.84 Å². The molecule has 0 atom stereocenters. The van der Waals surface area contributed by atoms with E-state index in [0.29, 0.717) is 12.8 Å². The number of piperidine rings is 1. The lowest BCUT2D eigenvalue weighted by atomic mass is 9.99. The number of para-hydroxylation sites is 1. The Hall–Kier alpha value is -1.64. The van der Waals surface area contributed by atoms with Crippen molar-refractivity contribution in [3.8, 4) is 5.75 Å². The van der Waals surface area contributed by atoms with Crippen LogP contribution in [0.15, 0.2) is 24.3 Å². The Balaban J connectivity index is 1.86. The molecule has 1 heterocycles. The first kappa shape index (κ1) is 18.7. The summed E-state index contributed by atoms with van der Waals surface area (Å²) in [6, 6.07) is 7.57. The third-order valence-electron chi connectivity index (χ3n) is 4.28. The van der Waals surface area contributed by atoms with Gasteiger partial charge in [-0.15, -0.1) is 0 Å². The van der Waals surface area contributed by atoms with Gasteiger partial charge in [0.15, 0.2) is 0 Å². The summed E-state index contributed by atoms with van der Waals surface area (Å²) in [5.74, 6) is -0.566. The molecule has 0 spiro atoms. The molecule has 134 valence electrons. The van der Waals surface area contributed by atoms with Crippen molar-refractivity contribution in [2.75, 3.05) is 33.3 Å². The topological polar surface area (TPSA) is 87.2 Å². The maximum Gasteiger partial charge on any atom is 0.306 e. The molecule has 1 aliphatic heterocycles. The van der Waals surface area contributed by atoms with Gasteiger partial charge in [0.25, 0.3) is 10.2 Å². The second-order valence-electron chi connectivity index (χ2n) is 5.95. The number of carbonyl (C=O) groups is 1. The number of carboxylic acids is 1. The Bertz CT molecular complexity index is 669. The molecule has 1 aromatic carbocycles. The third-order valence-corrected chi connectivity index (χ3v) is 6.27. The maximum atomic E-state index is 12.5. The van der Waals surface area contributed by atoms with Gasteiger partial charge in [-0.25, -0.2) is 0 Å². The molecule has 0 unspecified atom stereocenters. The van der Waals surface area contributed by atoms with Gasteiger partial charge in [0.1, 0.15) is 12.4 Å². The molecule has 1 N–H and O–H groups in total. The van der Waals surface area contributed by atoms with Crippen molar-refractivity contribution in [1.29, 1.82) is 0 Å². The highest BCUT2D eigenvalue weighted by molar-refractivity contribution is 7.86. The van der Waals surface area contributed by atoms with Crippen molar-refractivity contribution < 1.29 is 23.1 Å². The van der Waals surface area contributed by atoms with Gasteiger partial charge in [-0.3, -0.25) is 4.79 Å². The molecule has 1 aromatic rings. The summed E-state index contributed by atoms with van der Waals surface area (Å²) < 4.78 is 33.3. The Morgan fingerprint density at radius 3 is 2.54 bits per heavy atom. The van der Waals surface area contributed by atoms with Gasteiger partial charge in [0.2, 0.25) is 0 Å². The molecule has 0 aromatic heterocycles. The first-order valence-electron chi connectivity index (χ1n) is 7.95. The van der Waals surface area contributed by atoms with Crippen LogP contribution in [0.1, 0.15) is 18.4 Å². The second kappa shape index (κ2) is 7.96. The standard InChI is InChI=1S/C16H24N2O5S/c1-13-5-3-4-6-15(13)23-12-11-17(2)24(21,22)18-9-7-14(8-10-18)16(19)20/h3-6,14H,7-12H2,1-2H3,(H,19,20). The number of aliphatic carboxylic acids is 1. The zero-order valence-electron chi connectivity index (χ0n) is 14.0. The van der Waals surface area contributed by atoms with Gasteiger partial charge < -0.3 is 9.84 Å². The van der Waals surface area contributed by atoms with Gasteiger partial charge in [-0.05, 0) is 31.4 Å². The molecule has 0 aliphatic carbocycles. The lowest BCUT2D eigenvalue weighted by molar-refractivity contribution is -0.142. The number of ether oxygens (including phenoxy) is 1. The minimum Gasteiger partial charge on any atom is -0.492 e. The summed E-state index contributed by atoms with van der Waals surface area (Å²) in [7, 11) is -2.07. The summed E-state index contributed by atoms with van der Waals surface area (Å²) in [4.78, 5) is 11.0. The summed E-state index contributed by atoms with van der Waals surface area (Å²) >= 11 is 0. The van der Waals surface area contributed by atoms with Crippen LogP contribution in [0, 0.1) is 12.8 Å². The monoisotopic (exact) mass is 356 g/mol. The fourth-order valence-electron chi connectivity index (χ4n) is 2.65. The fourth-order valence-corrected chi connectivity index (χ4v) is 4.02. The van der Waals surface area contributed by atoms with Crippen LogP contribution in [0.3, 0.4) is 0 Å². The molecule has 7 nitrogen and oxygen atoms in total. The van der Waals surface area contributed by atoms with Crippen LogP contribution in [0.5, 0.6) is 5.75 Å². The molecule has 24 heavy (non-hydrogen) atoms. The molecule has 1 aliphatic rings. The smallest absolute Gasteiger partial charge is 0.306 e. The van der Waals surface area contributed by atoms with Crippen LogP contribution in [0.2, 0.25) is 0 Å². The summed E-state index contributed by atoms with van der Waals surface area (Å²) in [5, 5.41) is 8.99. The number of hydrogen-bond acceptors (Lipinski definition) is 4. The molecule has 2 rings (SSSR count). The zero-order chi connectivity index (χ0) is 17.7. The Morgan fingerprint density at radius 1 is 1.33 bits per heavy atom. The van der Waals surface area contributed by atoms with E-state index in [1.165, 1.54) is 15.7 Å². The van der Waals surface area contributed by atoms with Crippen LogP contribution < -0.4 is 4.74 Å². The van der Waals surface area contributed by atoms with Crippen LogP contribution in [-0.4, -0.2) is 61.4 Å². The van der Waals surface area contributed by atoms with E-state index in [2.05, 4.69) is 0 Å². The van der Waals surface area contributed by atoms with Crippen molar-refractivity contribution in [3.63, 3.8) is 0 Å². The molecular formula is C16H24N2O5S. The molecule has 0 radical (unpaired) electrons. The first-order valence-corrected chi connectivity index (χ1v) is 9.34. The normalized spacial score (nSPS) is 17.1. The largest absolute Gasteiger partial charge is 0.492 e. The molecule has 8 heteroatoms. The van der Waals surface area contributed by atoms with Gasteiger partial charge in [-0.2, -0.15) is 17.0 Å². The van der Waals surface area contributed by atoms with Crippen molar-refractivity contribution in [3.05, 3.63) is 29.8 Å². The number of carboxylic acid groups (broad SMARTS) is 1.